The Morgan fingerprint density at radius 2 is 1.30 bits per heavy atom. The third-order valence-corrected chi connectivity index (χ3v) is 5.40. The number of hydrogen-bond donors (Lipinski definition) is 1. The number of allylic oxidation sites excluding steroid dienone is 5. The van der Waals surface area contributed by atoms with Gasteiger partial charge in [0.25, 0.3) is 0 Å². The van der Waals surface area contributed by atoms with Crippen LogP contribution in [0.25, 0.3) is 16.7 Å². The van der Waals surface area contributed by atoms with Gasteiger partial charge in [0.2, 0.25) is 0 Å². The van der Waals surface area contributed by atoms with Crippen molar-refractivity contribution in [3.05, 3.63) is 119 Å². The lowest BCUT2D eigenvalue weighted by Gasteiger charge is -2.11. The van der Waals surface area contributed by atoms with E-state index in [9.17, 15) is 0 Å². The maximum absolute atomic E-state index is 5.84. The first kappa shape index (κ1) is 21.4. The molecule has 0 aromatic heterocycles. The Kier molecular flexibility index (Phi) is 6.74. The van der Waals surface area contributed by atoms with Crippen molar-refractivity contribution >= 4 is 22.4 Å². The van der Waals surface area contributed by atoms with Crippen molar-refractivity contribution in [1.29, 1.82) is 0 Å². The molecule has 152 valence electrons. The Morgan fingerprint density at radius 3 is 1.87 bits per heavy atom. The number of aryl methyl sites for hydroxylation is 1. The summed E-state index contributed by atoms with van der Waals surface area (Å²) in [4.78, 5) is 0. The Morgan fingerprint density at radius 1 is 0.767 bits per heavy atom. The van der Waals surface area contributed by atoms with Crippen LogP contribution in [0.1, 0.15) is 54.5 Å². The van der Waals surface area contributed by atoms with E-state index in [4.69, 9.17) is 5.73 Å². The minimum atomic E-state index is 0.537. The molecule has 0 saturated carbocycles. The summed E-state index contributed by atoms with van der Waals surface area (Å²) in [5.41, 5.74) is 16.0. The van der Waals surface area contributed by atoms with E-state index in [1.54, 1.807) is 0 Å². The minimum Gasteiger partial charge on any atom is -0.399 e. The summed E-state index contributed by atoms with van der Waals surface area (Å²) in [7, 11) is 0. The predicted octanol–water partition coefficient (Wildman–Crippen LogP) is 7.90. The topological polar surface area (TPSA) is 26.0 Å². The molecule has 0 aliphatic carbocycles. The van der Waals surface area contributed by atoms with Crippen LogP contribution < -0.4 is 5.73 Å². The van der Waals surface area contributed by atoms with Crippen LogP contribution in [-0.2, 0) is 0 Å². The van der Waals surface area contributed by atoms with Crippen molar-refractivity contribution in [2.24, 2.45) is 0 Å². The molecule has 0 unspecified atom stereocenters. The highest BCUT2D eigenvalue weighted by molar-refractivity contribution is 5.90. The van der Waals surface area contributed by atoms with Gasteiger partial charge < -0.3 is 5.73 Å². The summed E-state index contributed by atoms with van der Waals surface area (Å²) in [6.07, 6.45) is 4.40. The van der Waals surface area contributed by atoms with E-state index in [0.29, 0.717) is 5.92 Å². The van der Waals surface area contributed by atoms with Crippen molar-refractivity contribution in [2.45, 2.75) is 33.6 Å². The Balaban J connectivity index is 2.00. The van der Waals surface area contributed by atoms with Crippen LogP contribution in [0.3, 0.4) is 0 Å². The highest BCUT2D eigenvalue weighted by atomic mass is 14.5. The van der Waals surface area contributed by atoms with Gasteiger partial charge in [0.15, 0.2) is 0 Å². The molecule has 30 heavy (non-hydrogen) atoms. The molecular formula is C29H31N. The summed E-state index contributed by atoms with van der Waals surface area (Å²) in [6, 6.07) is 25.4. The molecule has 0 spiro atoms. The molecular weight excluding hydrogens is 362 g/mol. The molecule has 0 amide bonds. The van der Waals surface area contributed by atoms with Gasteiger partial charge in [-0.25, -0.2) is 0 Å². The molecule has 3 aromatic rings. The predicted molar refractivity (Wildman–Crippen MR) is 133 cm³/mol. The zero-order chi connectivity index (χ0) is 21.7. The number of rotatable bonds is 6. The van der Waals surface area contributed by atoms with Gasteiger partial charge in [-0.15, -0.1) is 0 Å². The summed E-state index contributed by atoms with van der Waals surface area (Å²) in [6.45, 7) is 13.0. The molecule has 0 aliphatic heterocycles. The number of nitrogens with two attached hydrogens (primary N) is 1. The van der Waals surface area contributed by atoms with Crippen LogP contribution in [0.4, 0.5) is 5.69 Å². The van der Waals surface area contributed by atoms with Crippen LogP contribution in [0.5, 0.6) is 0 Å². The molecule has 1 heteroatoms. The monoisotopic (exact) mass is 393 g/mol. The van der Waals surface area contributed by atoms with Gasteiger partial charge in [-0.05, 0) is 76.9 Å². The molecule has 1 nitrogen and oxygen atoms in total. The first-order chi connectivity index (χ1) is 14.3. The summed E-state index contributed by atoms with van der Waals surface area (Å²) in [5, 5.41) is 0. The number of hydrogen-bond acceptors (Lipinski definition) is 1. The molecule has 3 rings (SSSR count). The second-order valence-corrected chi connectivity index (χ2v) is 8.22. The van der Waals surface area contributed by atoms with E-state index in [2.05, 4.69) is 95.0 Å². The maximum atomic E-state index is 5.84. The lowest BCUT2D eigenvalue weighted by atomic mass is 9.94. The van der Waals surface area contributed by atoms with E-state index < -0.39 is 0 Å². The van der Waals surface area contributed by atoms with Crippen LogP contribution in [0.15, 0.2) is 91.5 Å². The van der Waals surface area contributed by atoms with Gasteiger partial charge in [0.1, 0.15) is 0 Å². The molecule has 0 heterocycles. The first-order valence-corrected chi connectivity index (χ1v) is 10.5. The molecule has 3 aromatic carbocycles. The zero-order valence-electron chi connectivity index (χ0n) is 18.4. The van der Waals surface area contributed by atoms with Crippen molar-refractivity contribution < 1.29 is 0 Å². The molecule has 0 radical (unpaired) electrons. The fourth-order valence-corrected chi connectivity index (χ4v) is 3.37. The van der Waals surface area contributed by atoms with E-state index in [1.807, 2.05) is 24.3 Å². The Labute approximate surface area is 181 Å². The fourth-order valence-electron chi connectivity index (χ4n) is 3.37. The second-order valence-electron chi connectivity index (χ2n) is 8.22. The first-order valence-electron chi connectivity index (χ1n) is 10.5. The smallest absolute Gasteiger partial charge is 0.0314 e. The lowest BCUT2D eigenvalue weighted by Crippen LogP contribution is -1.90. The van der Waals surface area contributed by atoms with Crippen molar-refractivity contribution in [2.75, 3.05) is 5.73 Å². The van der Waals surface area contributed by atoms with Gasteiger partial charge in [-0.3, -0.25) is 0 Å². The molecule has 0 aliphatic rings. The Bertz CT molecular complexity index is 1060. The standard InChI is InChI=1S/C29H31N/c1-20(2)24-10-12-25(13-11-24)22(4)18-28(27-8-6-21(3)7-9-27)19-23(5)26-14-16-29(30)17-15-26/h6-20H,5,30H2,1-4H3/b22-18+,28-19+. The molecule has 0 saturated heterocycles. The van der Waals surface area contributed by atoms with Gasteiger partial charge in [-0.2, -0.15) is 0 Å². The number of anilines is 1. The van der Waals surface area contributed by atoms with E-state index in [0.717, 1.165) is 22.4 Å². The minimum absolute atomic E-state index is 0.537. The van der Waals surface area contributed by atoms with Gasteiger partial charge in [0, 0.05) is 5.69 Å². The molecule has 0 bridgehead atoms. The summed E-state index contributed by atoms with van der Waals surface area (Å²) in [5.74, 6) is 0.537. The average molecular weight is 394 g/mol. The highest BCUT2D eigenvalue weighted by Crippen LogP contribution is 2.27. The van der Waals surface area contributed by atoms with E-state index in [-0.39, 0.29) is 0 Å². The quantitative estimate of drug-likeness (QED) is 0.334. The van der Waals surface area contributed by atoms with Crippen LogP contribution in [-0.4, -0.2) is 0 Å². The van der Waals surface area contributed by atoms with Gasteiger partial charge in [0.05, 0.1) is 0 Å². The van der Waals surface area contributed by atoms with E-state index >= 15 is 0 Å². The molecule has 2 N–H and O–H groups in total. The van der Waals surface area contributed by atoms with Crippen LogP contribution in [0.2, 0.25) is 0 Å². The zero-order valence-corrected chi connectivity index (χ0v) is 18.4. The third-order valence-electron chi connectivity index (χ3n) is 5.40. The third kappa shape index (κ3) is 5.39. The van der Waals surface area contributed by atoms with Crippen molar-refractivity contribution in [1.82, 2.24) is 0 Å². The summed E-state index contributed by atoms with van der Waals surface area (Å²) >= 11 is 0. The largest absolute Gasteiger partial charge is 0.399 e. The van der Waals surface area contributed by atoms with Gasteiger partial charge in [-0.1, -0.05) is 92.7 Å². The van der Waals surface area contributed by atoms with Gasteiger partial charge >= 0.3 is 0 Å². The highest BCUT2D eigenvalue weighted by Gasteiger charge is 2.05. The van der Waals surface area contributed by atoms with Crippen LogP contribution >= 0.6 is 0 Å². The normalized spacial score (nSPS) is 12.3. The average Bonchev–Trinajstić information content (AvgIpc) is 2.74. The van der Waals surface area contributed by atoms with Crippen molar-refractivity contribution in [3.63, 3.8) is 0 Å². The number of nitrogen functional groups attached to an aromatic ring is 1. The Hall–Kier alpha value is -3.32. The van der Waals surface area contributed by atoms with E-state index in [1.165, 1.54) is 27.8 Å². The molecule has 0 fully saturated rings. The fraction of sp³-hybridized carbons (Fsp3) is 0.172. The SMILES string of the molecule is C=C(/C=C(\C=C(/C)c1ccc(C(C)C)cc1)c1ccc(C)cc1)c1ccc(N)cc1. The summed E-state index contributed by atoms with van der Waals surface area (Å²) < 4.78 is 0. The van der Waals surface area contributed by atoms with Crippen LogP contribution in [0, 0.1) is 6.92 Å². The number of benzene rings is 3. The molecule has 0 atom stereocenters. The second kappa shape index (κ2) is 9.45. The van der Waals surface area contributed by atoms with Crippen molar-refractivity contribution in [3.8, 4) is 0 Å². The maximum Gasteiger partial charge on any atom is 0.0314 e. The lowest BCUT2D eigenvalue weighted by molar-refractivity contribution is 0.866.